The molecule has 0 aromatic heterocycles. The summed E-state index contributed by atoms with van der Waals surface area (Å²) in [4.78, 5) is 12.3. The molecule has 0 aliphatic heterocycles. The van der Waals surface area contributed by atoms with Crippen LogP contribution in [-0.2, 0) is 30.8 Å². The van der Waals surface area contributed by atoms with Gasteiger partial charge in [0.25, 0.3) is 0 Å². The van der Waals surface area contributed by atoms with Gasteiger partial charge in [0, 0.05) is 33.6 Å². The Labute approximate surface area is 174 Å². The molecule has 1 radical (unpaired) electrons. The van der Waals surface area contributed by atoms with Crippen molar-refractivity contribution < 1.29 is 50.7 Å². The van der Waals surface area contributed by atoms with Crippen LogP contribution in [0.25, 0.3) is 0 Å². The van der Waals surface area contributed by atoms with E-state index in [0.717, 1.165) is 11.6 Å². The van der Waals surface area contributed by atoms with Crippen LogP contribution in [0.2, 0.25) is 25.7 Å². The van der Waals surface area contributed by atoms with Gasteiger partial charge < -0.3 is 26.5 Å². The molecule has 25 heavy (non-hydrogen) atoms. The number of esters is 1. The summed E-state index contributed by atoms with van der Waals surface area (Å²) in [5.41, 5.74) is 1.47. The maximum atomic E-state index is 12.3. The Hall–Kier alpha value is -0.970. The monoisotopic (exact) mass is 470 g/mol. The van der Waals surface area contributed by atoms with E-state index in [1.54, 1.807) is 18.2 Å². The van der Waals surface area contributed by atoms with Crippen LogP contribution < -0.4 is 21.7 Å². The van der Waals surface area contributed by atoms with Crippen LogP contribution >= 0.6 is 0 Å². The first kappa shape index (κ1) is 24.0. The zero-order chi connectivity index (χ0) is 16.7. The zero-order valence-electron chi connectivity index (χ0n) is 15.0. The van der Waals surface area contributed by atoms with E-state index < -0.39 is 8.07 Å². The number of benzene rings is 2. The number of hydrogen-bond acceptors (Lipinski definition) is 3. The van der Waals surface area contributed by atoms with Crippen molar-refractivity contribution in [3.05, 3.63) is 65.7 Å². The molecule has 2 aromatic carbocycles. The Kier molecular flexibility index (Phi) is 11.2. The summed E-state index contributed by atoms with van der Waals surface area (Å²) in [5.74, 6) is 0.0949. The normalized spacial score (nSPS) is 10.2. The molecule has 0 unspecified atom stereocenters. The Balaban J connectivity index is 0.00000288. The van der Waals surface area contributed by atoms with E-state index in [2.05, 4.69) is 25.7 Å². The van der Waals surface area contributed by atoms with Gasteiger partial charge >= 0.3 is 5.97 Å². The van der Waals surface area contributed by atoms with Gasteiger partial charge in [-0.3, -0.25) is 0 Å². The van der Waals surface area contributed by atoms with E-state index in [9.17, 15) is 4.79 Å². The van der Waals surface area contributed by atoms with Gasteiger partial charge in [0.2, 0.25) is 0 Å². The summed E-state index contributed by atoms with van der Waals surface area (Å²) in [6.45, 7) is 7.63. The van der Waals surface area contributed by atoms with Crippen LogP contribution in [0.15, 0.2) is 48.5 Å². The molecular formula is C19H23BrO3SiZn-. The average molecular weight is 473 g/mol. The summed E-state index contributed by atoms with van der Waals surface area (Å²) in [5, 5.41) is 0. The number of rotatable bonds is 7. The Bertz CT molecular complexity index is 645. The Morgan fingerprint density at radius 1 is 1.08 bits per heavy atom. The van der Waals surface area contributed by atoms with Crippen LogP contribution in [0.3, 0.4) is 0 Å². The topological polar surface area (TPSA) is 35.5 Å². The van der Waals surface area contributed by atoms with E-state index in [1.165, 1.54) is 0 Å². The van der Waals surface area contributed by atoms with Crippen molar-refractivity contribution in [3.63, 3.8) is 0 Å². The molecule has 0 saturated carbocycles. The SMILES string of the molecule is C[Si](C)(C)CCOC(=O)c1ccc[c]c1OCc1ccccc1.[Br-].[Zn]. The van der Waals surface area contributed by atoms with Gasteiger partial charge in [0.1, 0.15) is 17.9 Å². The summed E-state index contributed by atoms with van der Waals surface area (Å²) in [7, 11) is -1.21. The maximum absolute atomic E-state index is 12.3. The minimum atomic E-state index is -1.21. The van der Waals surface area contributed by atoms with Gasteiger partial charge in [0.15, 0.2) is 0 Å². The summed E-state index contributed by atoms with van der Waals surface area (Å²) in [6.07, 6.45) is 0. The molecule has 0 amide bonds. The quantitative estimate of drug-likeness (QED) is 0.453. The molecule has 0 atom stereocenters. The van der Waals surface area contributed by atoms with Crippen molar-refractivity contribution in [2.75, 3.05) is 6.61 Å². The molecule has 0 heterocycles. The number of halogens is 1. The van der Waals surface area contributed by atoms with Crippen molar-refractivity contribution in [1.29, 1.82) is 0 Å². The van der Waals surface area contributed by atoms with Gasteiger partial charge in [-0.1, -0.05) is 62.1 Å². The predicted octanol–water partition coefficient (Wildman–Crippen LogP) is 1.56. The van der Waals surface area contributed by atoms with Crippen LogP contribution in [0.4, 0.5) is 0 Å². The van der Waals surface area contributed by atoms with Crippen molar-refractivity contribution in [3.8, 4) is 5.75 Å². The second-order valence-electron chi connectivity index (χ2n) is 6.63. The van der Waals surface area contributed by atoms with E-state index >= 15 is 0 Å². The predicted molar refractivity (Wildman–Crippen MR) is 94.5 cm³/mol. The van der Waals surface area contributed by atoms with Crippen molar-refractivity contribution in [1.82, 2.24) is 0 Å². The molecule has 3 nitrogen and oxygen atoms in total. The Morgan fingerprint density at radius 2 is 1.76 bits per heavy atom. The van der Waals surface area contributed by atoms with E-state index in [0.29, 0.717) is 24.5 Å². The molecular weight excluding hydrogens is 450 g/mol. The van der Waals surface area contributed by atoms with Crippen molar-refractivity contribution in [2.24, 2.45) is 0 Å². The molecule has 0 saturated heterocycles. The fourth-order valence-electron chi connectivity index (χ4n) is 1.96. The fraction of sp³-hybridized carbons (Fsp3) is 0.316. The molecule has 0 aliphatic carbocycles. The first-order valence-electron chi connectivity index (χ1n) is 7.80. The summed E-state index contributed by atoms with van der Waals surface area (Å²) < 4.78 is 11.1. The van der Waals surface area contributed by atoms with Gasteiger partial charge in [-0.2, -0.15) is 0 Å². The molecule has 131 valence electrons. The minimum absolute atomic E-state index is 0. The number of hydrogen-bond donors (Lipinski definition) is 0. The third kappa shape index (κ3) is 8.80. The molecule has 6 heteroatoms. The molecule has 0 aliphatic rings. The second-order valence-corrected chi connectivity index (χ2v) is 12.3. The average Bonchev–Trinajstić information content (AvgIpc) is 2.53. The summed E-state index contributed by atoms with van der Waals surface area (Å²) >= 11 is 0. The van der Waals surface area contributed by atoms with Crippen molar-refractivity contribution >= 4 is 14.0 Å². The van der Waals surface area contributed by atoms with Crippen LogP contribution in [0.5, 0.6) is 5.75 Å². The largest absolute Gasteiger partial charge is 1.00 e. The van der Waals surface area contributed by atoms with Crippen LogP contribution in [-0.4, -0.2) is 20.7 Å². The number of carbonyl (C=O) groups excluding carboxylic acids is 1. The van der Waals surface area contributed by atoms with Gasteiger partial charge in [-0.05, 0) is 17.7 Å². The molecule has 0 fully saturated rings. The first-order chi connectivity index (χ1) is 11.0. The van der Waals surface area contributed by atoms with E-state index in [4.69, 9.17) is 9.47 Å². The number of para-hydroxylation sites is 1. The van der Waals surface area contributed by atoms with Gasteiger partial charge in [-0.15, -0.1) is 0 Å². The smallest absolute Gasteiger partial charge is 0.341 e. The van der Waals surface area contributed by atoms with Crippen LogP contribution in [0, 0.1) is 6.07 Å². The minimum Gasteiger partial charge on any atom is -1.00 e. The molecule has 0 spiro atoms. The second kappa shape index (κ2) is 11.6. The molecule has 2 aromatic rings. The molecule has 0 N–H and O–H groups in total. The van der Waals surface area contributed by atoms with Crippen molar-refractivity contribution in [2.45, 2.75) is 32.3 Å². The van der Waals surface area contributed by atoms with E-state index in [-0.39, 0.29) is 42.4 Å². The molecule has 0 bridgehead atoms. The zero-order valence-corrected chi connectivity index (χ0v) is 20.6. The standard InChI is InChI=1S/C19H23O3Si.BrH.Zn/c1-23(2,3)14-13-21-19(20)17-11-7-8-12-18(17)22-15-16-9-5-4-6-10-16;;/h4-11H,13-15H2,1-3H3;1H;/p-1. The maximum Gasteiger partial charge on any atom is 0.341 e. The number of ether oxygens (including phenoxy) is 2. The molecule has 2 rings (SSSR count). The van der Waals surface area contributed by atoms with Gasteiger partial charge in [0.05, 0.1) is 6.61 Å². The fourth-order valence-corrected chi connectivity index (χ4v) is 2.67. The van der Waals surface area contributed by atoms with E-state index in [1.807, 2.05) is 30.3 Å². The number of carbonyl (C=O) groups is 1. The summed E-state index contributed by atoms with van der Waals surface area (Å²) in [6, 6.07) is 19.0. The third-order valence-electron chi connectivity index (χ3n) is 3.35. The van der Waals surface area contributed by atoms with Crippen LogP contribution in [0.1, 0.15) is 15.9 Å². The first-order valence-corrected chi connectivity index (χ1v) is 11.5. The third-order valence-corrected chi connectivity index (χ3v) is 5.05. The Morgan fingerprint density at radius 3 is 2.40 bits per heavy atom. The van der Waals surface area contributed by atoms with Gasteiger partial charge in [-0.25, -0.2) is 4.79 Å².